The van der Waals surface area contributed by atoms with Crippen molar-refractivity contribution in [3.05, 3.63) is 313 Å². The third-order valence-corrected chi connectivity index (χ3v) is 25.4. The third-order valence-electron chi connectivity index (χ3n) is 21.8. The van der Waals surface area contributed by atoms with Crippen molar-refractivity contribution in [3.63, 3.8) is 0 Å². The molecule has 8 heteroatoms. The zero-order valence-electron chi connectivity index (χ0n) is 54.0. The van der Waals surface area contributed by atoms with Gasteiger partial charge in [-0.25, -0.2) is 0 Å². The van der Waals surface area contributed by atoms with Gasteiger partial charge in [-0.05, 0) is 192 Å². The van der Waals surface area contributed by atoms with Crippen molar-refractivity contribution in [3.8, 4) is 56.5 Å². The highest BCUT2D eigenvalue weighted by molar-refractivity contribution is 7.26. The van der Waals surface area contributed by atoms with E-state index in [4.69, 9.17) is 0 Å². The Balaban J connectivity index is 0.707. The highest BCUT2D eigenvalue weighted by Crippen LogP contribution is 2.52. The summed E-state index contributed by atoms with van der Waals surface area (Å²) in [6, 6.07) is 111. The molecular formula is C92H55N5S3. The van der Waals surface area contributed by atoms with Gasteiger partial charge < -0.3 is 18.3 Å². The Morgan fingerprint density at radius 3 is 1.42 bits per heavy atom. The van der Waals surface area contributed by atoms with Crippen LogP contribution in [0.1, 0.15) is 29.3 Å². The monoisotopic (exact) mass is 1330 g/mol. The largest absolute Gasteiger partial charge is 0.330 e. The van der Waals surface area contributed by atoms with Crippen LogP contribution in [0.2, 0.25) is 0 Å². The minimum atomic E-state index is -0.276. The molecule has 1 aliphatic rings. The van der Waals surface area contributed by atoms with E-state index in [1.54, 1.807) is 0 Å². The van der Waals surface area contributed by atoms with Crippen LogP contribution in [0.25, 0.3) is 194 Å². The van der Waals surface area contributed by atoms with Gasteiger partial charge in [0.25, 0.3) is 0 Å². The van der Waals surface area contributed by atoms with E-state index in [-0.39, 0.29) is 5.54 Å². The van der Waals surface area contributed by atoms with E-state index < -0.39 is 0 Å². The molecule has 0 saturated carbocycles. The number of hydrogen-bond donors (Lipinski definition) is 0. The predicted molar refractivity (Wildman–Crippen MR) is 427 cm³/mol. The van der Waals surface area contributed by atoms with Gasteiger partial charge in [-0.3, -0.25) is 0 Å². The summed E-state index contributed by atoms with van der Waals surface area (Å²) in [5, 5.41) is 25.9. The van der Waals surface area contributed by atoms with Crippen molar-refractivity contribution in [2.45, 2.75) is 18.9 Å². The molecule has 100 heavy (non-hydrogen) atoms. The molecule has 7 aromatic heterocycles. The fourth-order valence-electron chi connectivity index (χ4n) is 17.4. The molecule has 0 radical (unpaired) electrons. The van der Waals surface area contributed by atoms with Gasteiger partial charge in [0.1, 0.15) is 0 Å². The summed E-state index contributed by atoms with van der Waals surface area (Å²) < 4.78 is 16.5. The number of allylic oxidation sites excluding steroid dienone is 1. The van der Waals surface area contributed by atoms with Crippen molar-refractivity contribution in [2.75, 3.05) is 0 Å². The maximum atomic E-state index is 9.67. The molecule has 0 fully saturated rings. The van der Waals surface area contributed by atoms with E-state index in [9.17, 15) is 5.26 Å². The van der Waals surface area contributed by atoms with Crippen LogP contribution in [0.4, 0.5) is 0 Å². The lowest BCUT2D eigenvalue weighted by Crippen LogP contribution is -2.32. The average molecular weight is 1330 g/mol. The number of para-hydroxylation sites is 3. The Labute approximate surface area is 585 Å². The number of hydrogen-bond acceptors (Lipinski definition) is 4. The van der Waals surface area contributed by atoms with Crippen LogP contribution in [0.5, 0.6) is 0 Å². The molecule has 5 nitrogen and oxygen atoms in total. The summed E-state index contributed by atoms with van der Waals surface area (Å²) >= 11 is 5.68. The molecule has 0 saturated heterocycles. The highest BCUT2D eigenvalue weighted by Gasteiger charge is 2.37. The molecule has 0 spiro atoms. The molecule has 0 amide bonds. The second-order valence-corrected chi connectivity index (χ2v) is 30.3. The first-order chi connectivity index (χ1) is 49.4. The Kier molecular flexibility index (Phi) is 11.7. The Hall–Kier alpha value is -12.1. The van der Waals surface area contributed by atoms with Gasteiger partial charge in [0.15, 0.2) is 0 Å². The van der Waals surface area contributed by atoms with Gasteiger partial charge in [-0.1, -0.05) is 164 Å². The van der Waals surface area contributed by atoms with E-state index >= 15 is 0 Å². The highest BCUT2D eigenvalue weighted by atomic mass is 32.1. The van der Waals surface area contributed by atoms with Crippen molar-refractivity contribution in [2.24, 2.45) is 0 Å². The lowest BCUT2D eigenvalue weighted by molar-refractivity contribution is 0.424. The summed E-state index contributed by atoms with van der Waals surface area (Å²) in [5.74, 6) is 0. The molecule has 14 aromatic carbocycles. The number of fused-ring (bicyclic) bond motifs is 21. The topological polar surface area (TPSA) is 43.5 Å². The van der Waals surface area contributed by atoms with Crippen LogP contribution in [0, 0.1) is 11.3 Å². The number of rotatable bonds is 7. The molecule has 7 heterocycles. The zero-order valence-corrected chi connectivity index (χ0v) is 56.5. The fraction of sp³-hybridized carbons (Fsp3) is 0.0326. The minimum Gasteiger partial charge on any atom is -0.330 e. The second-order valence-electron chi connectivity index (χ2n) is 27.1. The number of thiophene rings is 3. The molecule has 1 atom stereocenters. The maximum Gasteiger partial charge on any atom is 0.0991 e. The van der Waals surface area contributed by atoms with Crippen LogP contribution in [0.3, 0.4) is 0 Å². The summed E-state index contributed by atoms with van der Waals surface area (Å²) in [5.41, 5.74) is 21.8. The number of benzene rings is 14. The molecule has 1 unspecified atom stereocenters. The standard InChI is InChI=1S/C92H55N5S3/c1-92(47-15-30-87-89(92)68-21-7-13-29-86(68)98-87)97-80-25-10-4-18-64(80)71-50-58(36-45-81(71)97)56-34-42-77-70(49-56)63-17-3-9-24-75(63)95(77)82-46-40-61(91-88(82)67-20-6-12-28-85(67)100-91)59-37-44-79-73(52-59)72-51-57(35-43-78(72)96(79)83-26-14-22-66-65-19-5-11-27-84(65)99-90(66)83)55-33-41-76-69(48-55)62-16-2-8-23-74(62)94(76)60-38-31-54(53-93)32-39-60/h2-46,48-52H,47H2,1H3. The summed E-state index contributed by atoms with van der Waals surface area (Å²) in [6.45, 7) is 2.45. The Morgan fingerprint density at radius 1 is 0.340 bits per heavy atom. The number of aromatic nitrogens is 4. The lowest BCUT2D eigenvalue weighted by atomic mass is 9.82. The van der Waals surface area contributed by atoms with Crippen LogP contribution in [-0.4, -0.2) is 18.3 Å². The number of nitriles is 1. The second kappa shape index (κ2) is 21.0. The van der Waals surface area contributed by atoms with Crippen LogP contribution in [0.15, 0.2) is 297 Å². The first-order valence-electron chi connectivity index (χ1n) is 34.1. The van der Waals surface area contributed by atoms with Crippen molar-refractivity contribution in [1.82, 2.24) is 18.3 Å². The summed E-state index contributed by atoms with van der Waals surface area (Å²) in [7, 11) is 0. The van der Waals surface area contributed by atoms with E-state index in [2.05, 4.69) is 310 Å². The molecule has 0 aliphatic heterocycles. The van der Waals surface area contributed by atoms with Crippen LogP contribution >= 0.6 is 34.0 Å². The molecule has 22 rings (SSSR count). The van der Waals surface area contributed by atoms with Crippen molar-refractivity contribution >= 4 is 178 Å². The van der Waals surface area contributed by atoms with Gasteiger partial charge >= 0.3 is 0 Å². The maximum absolute atomic E-state index is 9.67. The Morgan fingerprint density at radius 2 is 0.780 bits per heavy atom. The first-order valence-corrected chi connectivity index (χ1v) is 36.6. The van der Waals surface area contributed by atoms with Crippen LogP contribution in [-0.2, 0) is 5.54 Å². The van der Waals surface area contributed by atoms with Gasteiger partial charge in [0.05, 0.1) is 66.3 Å². The fourth-order valence-corrected chi connectivity index (χ4v) is 21.1. The van der Waals surface area contributed by atoms with Gasteiger partial charge in [0.2, 0.25) is 0 Å². The predicted octanol–water partition coefficient (Wildman–Crippen LogP) is 26.1. The molecule has 21 aromatic rings. The van der Waals surface area contributed by atoms with Gasteiger partial charge in [-0.2, -0.15) is 5.26 Å². The lowest BCUT2D eigenvalue weighted by Gasteiger charge is -2.35. The third kappa shape index (κ3) is 7.85. The van der Waals surface area contributed by atoms with E-state index in [0.717, 1.165) is 39.8 Å². The van der Waals surface area contributed by atoms with Crippen molar-refractivity contribution in [1.29, 1.82) is 5.26 Å². The zero-order chi connectivity index (χ0) is 65.6. The Bertz CT molecular complexity index is 7230. The quantitative estimate of drug-likeness (QED) is 0.157. The molecule has 1 aliphatic carbocycles. The van der Waals surface area contributed by atoms with Crippen LogP contribution < -0.4 is 0 Å². The SMILES string of the molecule is CC1(n2c3ccccc3c3cc(-c4ccc5c(c4)c4ccccc4n5-c4ccc(-c5ccc6c(c5)c5cc(-c7ccc8c(c7)c7ccccc7n8-c7ccc(C#N)cc7)ccc5n6-c5cccc6c5sc5ccccc56)c5sc6ccccc6c45)ccc32)CC=Cc2sc3ccccc3c21. The molecule has 466 valence electrons. The summed E-state index contributed by atoms with van der Waals surface area (Å²) in [4.78, 5) is 1.36. The number of nitrogens with zero attached hydrogens (tertiary/aromatic N) is 5. The molecule has 0 N–H and O–H groups in total. The van der Waals surface area contributed by atoms with E-state index in [1.165, 1.54) is 165 Å². The van der Waals surface area contributed by atoms with E-state index in [1.807, 2.05) is 58.3 Å². The first kappa shape index (κ1) is 56.0. The smallest absolute Gasteiger partial charge is 0.0991 e. The average Bonchev–Trinajstić information content (AvgIpc) is 1.55. The van der Waals surface area contributed by atoms with E-state index in [0.29, 0.717) is 5.56 Å². The van der Waals surface area contributed by atoms with Crippen molar-refractivity contribution < 1.29 is 0 Å². The minimum absolute atomic E-state index is 0.276. The molecular weight excluding hydrogens is 1270 g/mol. The summed E-state index contributed by atoms with van der Waals surface area (Å²) in [6.07, 6.45) is 5.65. The van der Waals surface area contributed by atoms with Gasteiger partial charge in [-0.15, -0.1) is 34.0 Å². The normalized spacial score (nSPS) is 14.2. The van der Waals surface area contributed by atoms with Gasteiger partial charge in [0, 0.05) is 111 Å². The molecule has 0 bridgehead atoms.